The van der Waals surface area contributed by atoms with Crippen molar-refractivity contribution in [2.75, 3.05) is 6.54 Å². The second-order valence-electron chi connectivity index (χ2n) is 7.43. The van der Waals surface area contributed by atoms with Gasteiger partial charge in [-0.3, -0.25) is 4.79 Å². The van der Waals surface area contributed by atoms with Crippen LogP contribution >= 0.6 is 23.2 Å². The Hall–Kier alpha value is -2.04. The topological polar surface area (TPSA) is 41.9 Å². The van der Waals surface area contributed by atoms with Crippen LogP contribution in [0.3, 0.4) is 0 Å². The molecule has 1 aliphatic heterocycles. The molecule has 2 aromatic carbocycles. The molecule has 1 aliphatic carbocycles. The number of benzene rings is 2. The van der Waals surface area contributed by atoms with E-state index in [2.05, 4.69) is 5.16 Å². The average Bonchev–Trinajstić information content (AvgIpc) is 3.11. The Morgan fingerprint density at radius 2 is 1.89 bits per heavy atom. The van der Waals surface area contributed by atoms with Crippen molar-refractivity contribution in [1.82, 2.24) is 4.90 Å². The van der Waals surface area contributed by atoms with Crippen LogP contribution < -0.4 is 0 Å². The molecule has 0 unspecified atom stereocenters. The third kappa shape index (κ3) is 4.34. The quantitative estimate of drug-likeness (QED) is 0.639. The van der Waals surface area contributed by atoms with E-state index in [-0.39, 0.29) is 17.9 Å². The van der Waals surface area contributed by atoms with Crippen LogP contribution in [0.15, 0.2) is 53.7 Å². The first kappa shape index (κ1) is 19.3. The number of carbonyl (C=O) groups is 1. The summed E-state index contributed by atoms with van der Waals surface area (Å²) in [5.74, 6) is 0.377. The molecule has 2 aromatic rings. The van der Waals surface area contributed by atoms with Gasteiger partial charge in [-0.1, -0.05) is 71.2 Å². The molecular weight excluding hydrogens is 395 g/mol. The third-order valence-electron chi connectivity index (χ3n) is 5.39. The van der Waals surface area contributed by atoms with Crippen molar-refractivity contribution in [2.45, 2.75) is 38.3 Å². The van der Waals surface area contributed by atoms with E-state index in [1.165, 1.54) is 0 Å². The lowest BCUT2D eigenvalue weighted by molar-refractivity contribution is -0.140. The minimum Gasteiger partial charge on any atom is -0.390 e. The van der Waals surface area contributed by atoms with Gasteiger partial charge in [-0.15, -0.1) is 0 Å². The molecule has 0 saturated heterocycles. The molecule has 4 nitrogen and oxygen atoms in total. The summed E-state index contributed by atoms with van der Waals surface area (Å²) in [6.07, 6.45) is 3.60. The van der Waals surface area contributed by atoms with E-state index >= 15 is 0 Å². The van der Waals surface area contributed by atoms with Crippen LogP contribution in [-0.4, -0.2) is 29.2 Å². The average molecular weight is 417 g/mol. The molecule has 1 atom stereocenters. The minimum absolute atomic E-state index is 0.153. The summed E-state index contributed by atoms with van der Waals surface area (Å²) in [5, 5.41) is 5.25. The highest BCUT2D eigenvalue weighted by Gasteiger charge is 2.33. The number of oxime groups is 1. The highest BCUT2D eigenvalue weighted by Crippen LogP contribution is 2.30. The third-order valence-corrected chi connectivity index (χ3v) is 6.13. The summed E-state index contributed by atoms with van der Waals surface area (Å²) in [7, 11) is 0. The SMILES string of the molecule is O=C(C1CCC1)N(Cc1ccccc1)C[C@H]1CC(c2ccc(Cl)c(Cl)c2)=NO1. The molecule has 0 aromatic heterocycles. The van der Waals surface area contributed by atoms with Crippen LogP contribution in [0.1, 0.15) is 36.8 Å². The second-order valence-corrected chi connectivity index (χ2v) is 8.24. The minimum atomic E-state index is -0.155. The highest BCUT2D eigenvalue weighted by molar-refractivity contribution is 6.42. The Bertz CT molecular complexity index is 881. The van der Waals surface area contributed by atoms with Crippen molar-refractivity contribution in [3.63, 3.8) is 0 Å². The summed E-state index contributed by atoms with van der Waals surface area (Å²) in [6, 6.07) is 15.5. The van der Waals surface area contributed by atoms with Crippen molar-refractivity contribution < 1.29 is 9.63 Å². The molecule has 1 amide bonds. The molecule has 0 radical (unpaired) electrons. The molecule has 28 heavy (non-hydrogen) atoms. The first-order valence-corrected chi connectivity index (χ1v) is 10.4. The van der Waals surface area contributed by atoms with E-state index in [1.54, 1.807) is 12.1 Å². The molecular formula is C22H22Cl2N2O2. The molecule has 0 bridgehead atoms. The van der Waals surface area contributed by atoms with Crippen LogP contribution in [0, 0.1) is 5.92 Å². The van der Waals surface area contributed by atoms with Crippen LogP contribution in [0.4, 0.5) is 0 Å². The smallest absolute Gasteiger partial charge is 0.226 e. The van der Waals surface area contributed by atoms with Crippen molar-refractivity contribution in [2.24, 2.45) is 11.1 Å². The molecule has 2 aliphatic rings. The van der Waals surface area contributed by atoms with Crippen molar-refractivity contribution in [3.8, 4) is 0 Å². The fraction of sp³-hybridized carbons (Fsp3) is 0.364. The standard InChI is InChI=1S/C22H22Cl2N2O2/c23-19-10-9-17(11-20(19)24)21-12-18(28-25-21)14-26(22(27)16-7-4-8-16)13-15-5-2-1-3-6-15/h1-3,5-6,9-11,16,18H,4,7-8,12-14H2/t18-/m1/s1. The highest BCUT2D eigenvalue weighted by atomic mass is 35.5. The second kappa shape index (κ2) is 8.54. The predicted octanol–water partition coefficient (Wildman–Crippen LogP) is 5.32. The summed E-state index contributed by atoms with van der Waals surface area (Å²) in [6.45, 7) is 1.12. The number of halogens is 2. The summed E-state index contributed by atoms with van der Waals surface area (Å²) < 4.78 is 0. The molecule has 6 heteroatoms. The molecule has 0 N–H and O–H groups in total. The fourth-order valence-corrected chi connectivity index (χ4v) is 3.87. The Balaban J connectivity index is 1.43. The van der Waals surface area contributed by atoms with E-state index in [9.17, 15) is 4.79 Å². The maximum Gasteiger partial charge on any atom is 0.226 e. The van der Waals surface area contributed by atoms with Gasteiger partial charge in [0.2, 0.25) is 5.91 Å². The van der Waals surface area contributed by atoms with Crippen molar-refractivity contribution in [1.29, 1.82) is 0 Å². The van der Waals surface area contributed by atoms with Gasteiger partial charge >= 0.3 is 0 Å². The van der Waals surface area contributed by atoms with E-state index in [0.29, 0.717) is 29.6 Å². The number of nitrogens with zero attached hydrogens (tertiary/aromatic N) is 2. The van der Waals surface area contributed by atoms with Crippen molar-refractivity contribution in [3.05, 3.63) is 69.7 Å². The lowest BCUT2D eigenvalue weighted by atomic mass is 9.84. The number of hydrogen-bond acceptors (Lipinski definition) is 3. The Morgan fingerprint density at radius 3 is 2.57 bits per heavy atom. The zero-order valence-corrected chi connectivity index (χ0v) is 17.0. The monoisotopic (exact) mass is 416 g/mol. The van der Waals surface area contributed by atoms with Gasteiger partial charge in [-0.2, -0.15) is 0 Å². The fourth-order valence-electron chi connectivity index (χ4n) is 3.57. The van der Waals surface area contributed by atoms with Crippen molar-refractivity contribution >= 4 is 34.8 Å². The molecule has 4 rings (SSSR count). The predicted molar refractivity (Wildman–Crippen MR) is 112 cm³/mol. The van der Waals surface area contributed by atoms with Gasteiger partial charge < -0.3 is 9.74 Å². The first-order valence-electron chi connectivity index (χ1n) is 9.61. The number of hydrogen-bond donors (Lipinski definition) is 0. The van der Waals surface area contributed by atoms with E-state index in [1.807, 2.05) is 41.3 Å². The van der Waals surface area contributed by atoms with Crippen LogP contribution in [0.25, 0.3) is 0 Å². The first-order chi connectivity index (χ1) is 13.6. The van der Waals surface area contributed by atoms with Crippen LogP contribution in [0.2, 0.25) is 10.0 Å². The maximum absolute atomic E-state index is 13.0. The number of amides is 1. The summed E-state index contributed by atoms with van der Waals surface area (Å²) in [4.78, 5) is 20.5. The maximum atomic E-state index is 13.0. The number of carbonyl (C=O) groups excluding carboxylic acids is 1. The largest absolute Gasteiger partial charge is 0.390 e. The Morgan fingerprint density at radius 1 is 1.11 bits per heavy atom. The Labute approximate surface area is 175 Å². The van der Waals surface area contributed by atoms with Gasteiger partial charge in [0.15, 0.2) is 6.10 Å². The van der Waals surface area contributed by atoms with Gasteiger partial charge in [-0.05, 0) is 30.5 Å². The zero-order chi connectivity index (χ0) is 19.5. The molecule has 0 spiro atoms. The molecule has 1 heterocycles. The molecule has 1 fully saturated rings. The van der Waals surface area contributed by atoms with Crippen LogP contribution in [0.5, 0.6) is 0 Å². The molecule has 146 valence electrons. The summed E-state index contributed by atoms with van der Waals surface area (Å²) in [5.41, 5.74) is 2.86. The summed E-state index contributed by atoms with van der Waals surface area (Å²) >= 11 is 12.1. The van der Waals surface area contributed by atoms with Gasteiger partial charge in [0.1, 0.15) is 0 Å². The lowest BCUT2D eigenvalue weighted by Gasteiger charge is -2.32. The van der Waals surface area contributed by atoms with E-state index < -0.39 is 0 Å². The Kier molecular flexibility index (Phi) is 5.88. The van der Waals surface area contributed by atoms with E-state index in [0.717, 1.165) is 36.1 Å². The van der Waals surface area contributed by atoms with Gasteiger partial charge in [-0.25, -0.2) is 0 Å². The normalized spacial score (nSPS) is 18.9. The molecule has 1 saturated carbocycles. The van der Waals surface area contributed by atoms with Crippen LogP contribution in [-0.2, 0) is 16.2 Å². The number of rotatable bonds is 6. The van der Waals surface area contributed by atoms with E-state index in [4.69, 9.17) is 28.0 Å². The van der Waals surface area contributed by atoms with Gasteiger partial charge in [0, 0.05) is 24.4 Å². The zero-order valence-electron chi connectivity index (χ0n) is 15.5. The van der Waals surface area contributed by atoms with Gasteiger partial charge in [0.25, 0.3) is 0 Å². The van der Waals surface area contributed by atoms with Gasteiger partial charge in [0.05, 0.1) is 22.3 Å². The lowest BCUT2D eigenvalue weighted by Crippen LogP contribution is -2.42.